The zero-order chi connectivity index (χ0) is 23.0. The van der Waals surface area contributed by atoms with Crippen molar-refractivity contribution in [2.45, 2.75) is 38.0 Å². The monoisotopic (exact) mass is 459 g/mol. The van der Waals surface area contributed by atoms with Gasteiger partial charge in [-0.2, -0.15) is 0 Å². The van der Waals surface area contributed by atoms with Crippen molar-refractivity contribution in [3.05, 3.63) is 100 Å². The van der Waals surface area contributed by atoms with E-state index in [0.717, 1.165) is 30.6 Å². The van der Waals surface area contributed by atoms with Crippen molar-refractivity contribution < 1.29 is 12.9 Å². The number of nitrogens with zero attached hydrogens (tertiary/aromatic N) is 1. The Morgan fingerprint density at radius 2 is 1.58 bits per heavy atom. The summed E-state index contributed by atoms with van der Waals surface area (Å²) >= 11 is 0. The Hall–Kier alpha value is -3.58. The minimum absolute atomic E-state index is 0.141. The Morgan fingerprint density at radius 3 is 2.30 bits per heavy atom. The highest BCUT2D eigenvalue weighted by molar-refractivity contribution is 7.92. The van der Waals surface area contributed by atoms with Crippen LogP contribution in [0.1, 0.15) is 33.5 Å². The van der Waals surface area contributed by atoms with Crippen molar-refractivity contribution >= 4 is 27.3 Å². The fourth-order valence-corrected chi connectivity index (χ4v) is 5.26. The number of hydrogen-bond acceptors (Lipinski definition) is 5. The molecule has 6 nitrogen and oxygen atoms in total. The van der Waals surface area contributed by atoms with Gasteiger partial charge in [0.2, 0.25) is 5.88 Å². The van der Waals surface area contributed by atoms with Gasteiger partial charge in [0.15, 0.2) is 0 Å². The van der Waals surface area contributed by atoms with Gasteiger partial charge in [-0.05, 0) is 85.7 Å². The average molecular weight is 460 g/mol. The zero-order valence-electron chi connectivity index (χ0n) is 18.6. The lowest BCUT2D eigenvalue weighted by atomic mass is 9.99. The predicted octanol–water partition coefficient (Wildman–Crippen LogP) is 5.53. The van der Waals surface area contributed by atoms with Crippen molar-refractivity contribution in [3.8, 4) is 0 Å². The number of rotatable bonds is 5. The number of anilines is 3. The summed E-state index contributed by atoms with van der Waals surface area (Å²) in [5.41, 5.74) is 8.62. The highest BCUT2D eigenvalue weighted by Crippen LogP contribution is 2.31. The summed E-state index contributed by atoms with van der Waals surface area (Å²) in [7, 11) is -3.77. The molecule has 4 aromatic rings. The molecule has 0 spiro atoms. The van der Waals surface area contributed by atoms with Crippen LogP contribution in [0, 0.1) is 13.8 Å². The summed E-state index contributed by atoms with van der Waals surface area (Å²) in [4.78, 5) is 0.156. The van der Waals surface area contributed by atoms with E-state index in [2.05, 4.69) is 57.7 Å². The Morgan fingerprint density at radius 1 is 0.848 bits per heavy atom. The van der Waals surface area contributed by atoms with Crippen LogP contribution in [-0.2, 0) is 29.3 Å². The van der Waals surface area contributed by atoms with Crippen molar-refractivity contribution in [2.75, 3.05) is 10.0 Å². The van der Waals surface area contributed by atoms with E-state index < -0.39 is 10.0 Å². The lowest BCUT2D eigenvalue weighted by Gasteiger charge is -2.15. The number of benzene rings is 3. The molecule has 0 atom stereocenters. The van der Waals surface area contributed by atoms with Gasteiger partial charge in [-0.25, -0.2) is 13.1 Å². The van der Waals surface area contributed by atoms with Crippen LogP contribution >= 0.6 is 0 Å². The van der Waals surface area contributed by atoms with Crippen LogP contribution in [0.2, 0.25) is 0 Å². The van der Waals surface area contributed by atoms with Gasteiger partial charge in [0.05, 0.1) is 10.6 Å². The molecule has 0 unspecified atom stereocenters. The molecular weight excluding hydrogens is 434 g/mol. The molecule has 0 amide bonds. The zero-order valence-corrected chi connectivity index (χ0v) is 19.4. The van der Waals surface area contributed by atoms with Crippen LogP contribution in [0.3, 0.4) is 0 Å². The van der Waals surface area contributed by atoms with Gasteiger partial charge in [0, 0.05) is 16.9 Å². The van der Waals surface area contributed by atoms with E-state index in [9.17, 15) is 8.42 Å². The molecule has 1 heterocycles. The maximum Gasteiger partial charge on any atom is 0.264 e. The minimum atomic E-state index is -3.77. The van der Waals surface area contributed by atoms with Crippen molar-refractivity contribution in [1.82, 2.24) is 5.16 Å². The molecular formula is C26H25N3O3S. The van der Waals surface area contributed by atoms with Crippen LogP contribution in [0.25, 0.3) is 0 Å². The predicted molar refractivity (Wildman–Crippen MR) is 130 cm³/mol. The minimum Gasteiger partial charge on any atom is -0.355 e. The van der Waals surface area contributed by atoms with E-state index >= 15 is 0 Å². The number of nitrogens with one attached hydrogen (secondary N) is 2. The normalized spacial score (nSPS) is 13.0. The summed E-state index contributed by atoms with van der Waals surface area (Å²) < 4.78 is 33.1. The van der Waals surface area contributed by atoms with Gasteiger partial charge in [-0.1, -0.05) is 41.6 Å². The number of hydrogen-bond donors (Lipinski definition) is 2. The summed E-state index contributed by atoms with van der Waals surface area (Å²) in [6.45, 7) is 3.53. The van der Waals surface area contributed by atoms with Gasteiger partial charge >= 0.3 is 0 Å². The summed E-state index contributed by atoms with van der Waals surface area (Å²) in [6, 6.07) is 21.7. The van der Waals surface area contributed by atoms with Crippen LogP contribution in [-0.4, -0.2) is 13.6 Å². The number of sulfonamides is 1. The number of aryl methyl sites for hydroxylation is 2. The largest absolute Gasteiger partial charge is 0.355 e. The third kappa shape index (κ3) is 4.24. The van der Waals surface area contributed by atoms with E-state index in [0.29, 0.717) is 11.3 Å². The second kappa shape index (κ2) is 8.41. The molecule has 0 saturated carbocycles. The third-order valence-electron chi connectivity index (χ3n) is 6.24. The van der Waals surface area contributed by atoms with Gasteiger partial charge in [-0.15, -0.1) is 0 Å². The Bertz CT molecular complexity index is 1420. The fraction of sp³-hybridized carbons (Fsp3) is 0.192. The molecule has 1 aliphatic carbocycles. The Balaban J connectivity index is 1.36. The molecule has 2 N–H and O–H groups in total. The van der Waals surface area contributed by atoms with Crippen LogP contribution in [0.5, 0.6) is 0 Å². The van der Waals surface area contributed by atoms with Crippen molar-refractivity contribution in [1.29, 1.82) is 0 Å². The van der Waals surface area contributed by atoms with Crippen LogP contribution < -0.4 is 10.0 Å². The van der Waals surface area contributed by atoms with E-state index in [1.165, 1.54) is 22.3 Å². The van der Waals surface area contributed by atoms with E-state index in [1.807, 2.05) is 0 Å². The van der Waals surface area contributed by atoms with Crippen LogP contribution in [0.15, 0.2) is 76.1 Å². The smallest absolute Gasteiger partial charge is 0.264 e. The maximum absolute atomic E-state index is 12.8. The fourth-order valence-electron chi connectivity index (χ4n) is 4.22. The molecule has 33 heavy (non-hydrogen) atoms. The first-order valence-electron chi connectivity index (χ1n) is 10.9. The van der Waals surface area contributed by atoms with Gasteiger partial charge in [0.25, 0.3) is 10.0 Å². The molecule has 7 heteroatoms. The van der Waals surface area contributed by atoms with Crippen molar-refractivity contribution in [2.24, 2.45) is 0 Å². The molecule has 3 aromatic carbocycles. The Kier molecular flexibility index (Phi) is 5.42. The highest BCUT2D eigenvalue weighted by atomic mass is 32.2. The quantitative estimate of drug-likeness (QED) is 0.410. The average Bonchev–Trinajstić information content (AvgIpc) is 3.01. The van der Waals surface area contributed by atoms with Crippen molar-refractivity contribution in [3.63, 3.8) is 0 Å². The highest BCUT2D eigenvalue weighted by Gasteiger charge is 2.20. The van der Waals surface area contributed by atoms with E-state index in [1.54, 1.807) is 38.1 Å². The first-order chi connectivity index (χ1) is 15.9. The maximum atomic E-state index is 12.8. The second-order valence-electron chi connectivity index (χ2n) is 8.37. The molecule has 5 rings (SSSR count). The Labute approximate surface area is 193 Å². The summed E-state index contributed by atoms with van der Waals surface area (Å²) in [5, 5.41) is 7.28. The topological polar surface area (TPSA) is 84.2 Å². The van der Waals surface area contributed by atoms with Gasteiger partial charge in [-0.3, -0.25) is 0 Å². The lowest BCUT2D eigenvalue weighted by molar-refractivity contribution is 0.430. The molecule has 0 saturated heterocycles. The summed E-state index contributed by atoms with van der Waals surface area (Å²) in [5.74, 6) is 0.141. The first-order valence-corrected chi connectivity index (χ1v) is 12.4. The standard InChI is InChI=1S/C26H25N3O3S/c1-17-18(2)28-32-26(17)29-33(30,31)23-13-11-22(12-14-23)27-25-9-5-8-21-16-20-7-4-3-6-19(20)10-15-24(21)25/h3-9,11-14,27,29H,10,15-16H2,1-2H3. The van der Waals surface area contributed by atoms with E-state index in [4.69, 9.17) is 4.52 Å². The molecule has 1 aromatic heterocycles. The molecule has 168 valence electrons. The van der Waals surface area contributed by atoms with Gasteiger partial charge < -0.3 is 9.84 Å². The lowest BCUT2D eigenvalue weighted by Crippen LogP contribution is -2.13. The molecule has 0 radical (unpaired) electrons. The second-order valence-corrected chi connectivity index (χ2v) is 10.0. The number of fused-ring (bicyclic) bond motifs is 2. The SMILES string of the molecule is Cc1noc(NS(=O)(=O)c2ccc(Nc3cccc4c3CCc3ccccc3C4)cc2)c1C. The molecule has 0 aliphatic heterocycles. The number of aromatic nitrogens is 1. The van der Waals surface area contributed by atoms with Crippen LogP contribution in [0.4, 0.5) is 17.3 Å². The molecule has 0 bridgehead atoms. The van der Waals surface area contributed by atoms with E-state index in [-0.39, 0.29) is 10.8 Å². The third-order valence-corrected chi connectivity index (χ3v) is 7.59. The first kappa shape index (κ1) is 21.3. The van der Waals surface area contributed by atoms with Gasteiger partial charge in [0.1, 0.15) is 0 Å². The summed E-state index contributed by atoms with van der Waals surface area (Å²) in [6.07, 6.45) is 2.89. The molecule has 1 aliphatic rings. The molecule has 0 fully saturated rings.